The van der Waals surface area contributed by atoms with Gasteiger partial charge in [-0.1, -0.05) is 29.8 Å². The van der Waals surface area contributed by atoms with Gasteiger partial charge >= 0.3 is 10.1 Å². The molecule has 0 spiro atoms. The summed E-state index contributed by atoms with van der Waals surface area (Å²) in [6, 6.07) is 15.5. The summed E-state index contributed by atoms with van der Waals surface area (Å²) in [6.07, 6.45) is 1.15. The summed E-state index contributed by atoms with van der Waals surface area (Å²) in [4.78, 5) is 23.3. The molecule has 0 heterocycles. The first-order valence-electron chi connectivity index (χ1n) is 10.2. The van der Waals surface area contributed by atoms with Gasteiger partial charge in [0.25, 0.3) is 11.6 Å². The normalized spacial score (nSPS) is 11.2. The van der Waals surface area contributed by atoms with E-state index >= 15 is 0 Å². The van der Waals surface area contributed by atoms with Crippen LogP contribution in [-0.4, -0.2) is 33.5 Å². The fourth-order valence-electron chi connectivity index (χ4n) is 3.05. The molecule has 3 rings (SSSR count). The SMILES string of the molecule is COc1ccc(NC(=O)/C(C#N)=C/c2cc(Cl)c(OS(=O)(=O)c3ccccc3)c(OC)c2)c([N+](=O)[O-])c1. The van der Waals surface area contributed by atoms with Gasteiger partial charge in [0.05, 0.1) is 30.2 Å². The monoisotopic (exact) mass is 543 g/mol. The first-order chi connectivity index (χ1) is 17.6. The highest BCUT2D eigenvalue weighted by atomic mass is 35.5. The second-order valence-corrected chi connectivity index (χ2v) is 9.10. The summed E-state index contributed by atoms with van der Waals surface area (Å²) in [5.41, 5.74) is -0.811. The van der Waals surface area contributed by atoms with Crippen LogP contribution in [-0.2, 0) is 14.9 Å². The minimum absolute atomic E-state index is 0.0817. The Bertz CT molecular complexity index is 1530. The number of nitriles is 1. The number of carbonyl (C=O) groups is 1. The molecule has 3 aromatic rings. The Morgan fingerprint density at radius 2 is 1.81 bits per heavy atom. The smallest absolute Gasteiger partial charge is 0.339 e. The van der Waals surface area contributed by atoms with Crippen molar-refractivity contribution in [1.82, 2.24) is 0 Å². The van der Waals surface area contributed by atoms with E-state index in [4.69, 9.17) is 25.3 Å². The predicted octanol–water partition coefficient (Wildman–Crippen LogP) is 4.58. The van der Waals surface area contributed by atoms with Crippen molar-refractivity contribution >= 4 is 45.1 Å². The van der Waals surface area contributed by atoms with E-state index in [0.29, 0.717) is 0 Å². The van der Waals surface area contributed by atoms with Crippen molar-refractivity contribution in [2.75, 3.05) is 19.5 Å². The van der Waals surface area contributed by atoms with E-state index in [1.54, 1.807) is 12.1 Å². The summed E-state index contributed by atoms with van der Waals surface area (Å²) in [6.45, 7) is 0. The molecule has 0 unspecified atom stereocenters. The second kappa shape index (κ2) is 11.4. The minimum Gasteiger partial charge on any atom is -0.496 e. The zero-order valence-corrected chi connectivity index (χ0v) is 20.9. The summed E-state index contributed by atoms with van der Waals surface area (Å²) in [5.74, 6) is -1.10. The van der Waals surface area contributed by atoms with E-state index in [-0.39, 0.29) is 38.4 Å². The Hall–Kier alpha value is -4.60. The number of rotatable bonds is 9. The van der Waals surface area contributed by atoms with Gasteiger partial charge in [-0.25, -0.2) is 0 Å². The van der Waals surface area contributed by atoms with E-state index < -0.39 is 32.2 Å². The third-order valence-electron chi connectivity index (χ3n) is 4.80. The number of ether oxygens (including phenoxy) is 2. The third kappa shape index (κ3) is 6.35. The molecule has 190 valence electrons. The lowest BCUT2D eigenvalue weighted by Crippen LogP contribution is -2.14. The minimum atomic E-state index is -4.23. The Balaban J connectivity index is 1.93. The third-order valence-corrected chi connectivity index (χ3v) is 6.32. The molecule has 11 nitrogen and oxygen atoms in total. The van der Waals surface area contributed by atoms with E-state index in [2.05, 4.69) is 5.32 Å². The molecular formula is C24H18ClN3O8S. The van der Waals surface area contributed by atoms with Crippen molar-refractivity contribution < 1.29 is 31.8 Å². The molecule has 0 atom stereocenters. The lowest BCUT2D eigenvalue weighted by molar-refractivity contribution is -0.384. The molecule has 0 fully saturated rings. The van der Waals surface area contributed by atoms with Gasteiger partial charge in [0.1, 0.15) is 28.0 Å². The van der Waals surface area contributed by atoms with E-state index in [9.17, 15) is 28.6 Å². The number of hydrogen-bond acceptors (Lipinski definition) is 9. The zero-order chi connectivity index (χ0) is 27.2. The maximum Gasteiger partial charge on any atom is 0.339 e. The van der Waals surface area contributed by atoms with E-state index in [1.165, 1.54) is 62.8 Å². The van der Waals surface area contributed by atoms with Crippen LogP contribution in [0.4, 0.5) is 11.4 Å². The maximum absolute atomic E-state index is 12.7. The summed E-state index contributed by atoms with van der Waals surface area (Å²) < 4.78 is 40.6. The van der Waals surface area contributed by atoms with Crippen molar-refractivity contribution in [3.8, 4) is 23.3 Å². The first-order valence-corrected chi connectivity index (χ1v) is 12.0. The van der Waals surface area contributed by atoms with Gasteiger partial charge in [-0.15, -0.1) is 0 Å². The van der Waals surface area contributed by atoms with Crippen LogP contribution in [0.15, 0.2) is 71.1 Å². The summed E-state index contributed by atoms with van der Waals surface area (Å²) in [7, 11) is -1.65. The van der Waals surface area contributed by atoms with Crippen LogP contribution in [0, 0.1) is 21.4 Å². The standard InChI is InChI=1S/C24H18ClN3O8S/c1-34-17-8-9-20(21(13-17)28(30)31)27-24(29)16(14-26)10-15-11-19(25)23(22(12-15)35-2)36-37(32,33)18-6-4-3-5-7-18/h3-13H,1-2H3,(H,27,29)/b16-10+. The number of methoxy groups -OCH3 is 2. The van der Waals surface area contributed by atoms with Gasteiger partial charge in [-0.2, -0.15) is 13.7 Å². The molecule has 13 heteroatoms. The fourth-order valence-corrected chi connectivity index (χ4v) is 4.33. The highest BCUT2D eigenvalue weighted by molar-refractivity contribution is 7.87. The van der Waals surface area contributed by atoms with Crippen molar-refractivity contribution in [2.45, 2.75) is 4.90 Å². The molecule has 0 aliphatic heterocycles. The number of nitro groups is 1. The molecule has 0 aliphatic carbocycles. The van der Waals surface area contributed by atoms with Crippen LogP contribution >= 0.6 is 11.6 Å². The molecule has 0 saturated heterocycles. The van der Waals surface area contributed by atoms with E-state index in [1.807, 2.05) is 0 Å². The summed E-state index contributed by atoms with van der Waals surface area (Å²) >= 11 is 6.26. The molecule has 0 saturated carbocycles. The topological polar surface area (TPSA) is 158 Å². The molecule has 3 aromatic carbocycles. The Kier molecular flexibility index (Phi) is 8.33. The van der Waals surface area contributed by atoms with Crippen LogP contribution in [0.2, 0.25) is 5.02 Å². The molecule has 37 heavy (non-hydrogen) atoms. The molecular weight excluding hydrogens is 526 g/mol. The molecule has 1 N–H and O–H groups in total. The number of hydrogen-bond donors (Lipinski definition) is 1. The van der Waals surface area contributed by atoms with Gasteiger partial charge in [0.15, 0.2) is 5.75 Å². The van der Waals surface area contributed by atoms with Crippen LogP contribution in [0.1, 0.15) is 5.56 Å². The van der Waals surface area contributed by atoms with Crippen LogP contribution in [0.3, 0.4) is 0 Å². The van der Waals surface area contributed by atoms with Gasteiger partial charge in [-0.3, -0.25) is 14.9 Å². The quantitative estimate of drug-likeness (QED) is 0.134. The number of halogens is 1. The zero-order valence-electron chi connectivity index (χ0n) is 19.3. The van der Waals surface area contributed by atoms with Crippen LogP contribution in [0.25, 0.3) is 6.08 Å². The van der Waals surface area contributed by atoms with Gasteiger partial charge in [0, 0.05) is 0 Å². The average molecular weight is 544 g/mol. The Morgan fingerprint density at radius 3 is 2.41 bits per heavy atom. The van der Waals surface area contributed by atoms with Crippen molar-refractivity contribution in [3.63, 3.8) is 0 Å². The van der Waals surface area contributed by atoms with Crippen LogP contribution in [0.5, 0.6) is 17.2 Å². The number of amides is 1. The van der Waals surface area contributed by atoms with Gasteiger partial charge in [0.2, 0.25) is 5.75 Å². The molecule has 0 aliphatic rings. The van der Waals surface area contributed by atoms with Gasteiger partial charge in [-0.05, 0) is 48.0 Å². The van der Waals surface area contributed by atoms with Crippen molar-refractivity contribution in [1.29, 1.82) is 5.26 Å². The van der Waals surface area contributed by atoms with Gasteiger partial charge < -0.3 is 19.0 Å². The molecule has 0 bridgehead atoms. The Labute approximate surface area is 216 Å². The largest absolute Gasteiger partial charge is 0.496 e. The second-order valence-electron chi connectivity index (χ2n) is 7.15. The average Bonchev–Trinajstić information content (AvgIpc) is 2.89. The molecule has 0 radical (unpaired) electrons. The summed E-state index contributed by atoms with van der Waals surface area (Å²) in [5, 5.41) is 23.0. The fraction of sp³-hybridized carbons (Fsp3) is 0.0833. The molecule has 1 amide bonds. The number of nitrogens with one attached hydrogen (secondary N) is 1. The van der Waals surface area contributed by atoms with E-state index in [0.717, 1.165) is 12.1 Å². The predicted molar refractivity (Wildman–Crippen MR) is 134 cm³/mol. The highest BCUT2D eigenvalue weighted by Gasteiger charge is 2.23. The Morgan fingerprint density at radius 1 is 1.11 bits per heavy atom. The maximum atomic E-state index is 12.7. The highest BCUT2D eigenvalue weighted by Crippen LogP contribution is 2.39. The molecule has 0 aromatic heterocycles. The van der Waals surface area contributed by atoms with Crippen LogP contribution < -0.4 is 19.0 Å². The number of nitrogens with zero attached hydrogens (tertiary/aromatic N) is 2. The number of nitro benzene ring substituents is 1. The first kappa shape index (κ1) is 27.0. The number of benzene rings is 3. The lowest BCUT2D eigenvalue weighted by atomic mass is 10.1. The lowest BCUT2D eigenvalue weighted by Gasteiger charge is -2.13. The number of carbonyl (C=O) groups excluding carboxylic acids is 1. The number of anilines is 1. The van der Waals surface area contributed by atoms with Crippen molar-refractivity contribution in [2.24, 2.45) is 0 Å². The van der Waals surface area contributed by atoms with Crippen molar-refractivity contribution in [3.05, 3.63) is 86.9 Å².